The topological polar surface area (TPSA) is 64.2 Å². The van der Waals surface area contributed by atoms with E-state index < -0.39 is 0 Å². The third-order valence-corrected chi connectivity index (χ3v) is 5.83. The Balaban J connectivity index is 1.87. The minimum absolute atomic E-state index is 0.167. The first-order chi connectivity index (χ1) is 13.1. The van der Waals surface area contributed by atoms with Crippen molar-refractivity contribution in [1.29, 1.82) is 0 Å². The molecular weight excluding hydrogens is 428 g/mol. The standard InChI is InChI=1S/C20H15BrN2O3S/c1-25-15-9-12(8-14(21)17(15)26-2)18-22-19(24)13-10-16(27-20(13)23-18)11-6-4-3-5-7-11/h3-10H,1-2H3,(H,22,23,24). The minimum Gasteiger partial charge on any atom is -0.493 e. The lowest BCUT2D eigenvalue weighted by Crippen LogP contribution is -2.08. The quantitative estimate of drug-likeness (QED) is 0.477. The maximum absolute atomic E-state index is 12.6. The molecule has 0 unspecified atom stereocenters. The molecule has 0 aliphatic rings. The molecule has 0 spiro atoms. The van der Waals surface area contributed by atoms with Gasteiger partial charge in [0, 0.05) is 10.4 Å². The average Bonchev–Trinajstić information content (AvgIpc) is 3.13. The number of ether oxygens (including phenoxy) is 2. The number of benzene rings is 2. The molecule has 2 aromatic heterocycles. The molecule has 0 bridgehead atoms. The van der Waals surface area contributed by atoms with Crippen molar-refractivity contribution in [3.05, 3.63) is 63.4 Å². The number of hydrogen-bond acceptors (Lipinski definition) is 5. The van der Waals surface area contributed by atoms with E-state index in [0.29, 0.717) is 27.5 Å². The van der Waals surface area contributed by atoms with Gasteiger partial charge in [0.25, 0.3) is 5.56 Å². The van der Waals surface area contributed by atoms with Crippen molar-refractivity contribution in [2.24, 2.45) is 0 Å². The Morgan fingerprint density at radius 3 is 2.52 bits per heavy atom. The Labute approximate surface area is 167 Å². The van der Waals surface area contributed by atoms with Gasteiger partial charge >= 0.3 is 0 Å². The Hall–Kier alpha value is -2.64. The highest BCUT2D eigenvalue weighted by atomic mass is 79.9. The van der Waals surface area contributed by atoms with Crippen LogP contribution in [0.4, 0.5) is 0 Å². The summed E-state index contributed by atoms with van der Waals surface area (Å²) in [6, 6.07) is 15.5. The number of nitrogens with zero attached hydrogens (tertiary/aromatic N) is 1. The van der Waals surface area contributed by atoms with Crippen molar-refractivity contribution in [2.45, 2.75) is 0 Å². The van der Waals surface area contributed by atoms with E-state index in [-0.39, 0.29) is 5.56 Å². The molecule has 2 heterocycles. The number of H-pyrrole nitrogens is 1. The van der Waals surface area contributed by atoms with Gasteiger partial charge in [0.2, 0.25) is 0 Å². The summed E-state index contributed by atoms with van der Waals surface area (Å²) in [7, 11) is 3.14. The molecule has 2 aromatic carbocycles. The number of hydrogen-bond donors (Lipinski definition) is 1. The Morgan fingerprint density at radius 2 is 1.81 bits per heavy atom. The second-order valence-corrected chi connectivity index (χ2v) is 7.69. The van der Waals surface area contributed by atoms with Crippen molar-refractivity contribution in [1.82, 2.24) is 9.97 Å². The van der Waals surface area contributed by atoms with Gasteiger partial charge in [-0.05, 0) is 39.7 Å². The highest BCUT2D eigenvalue weighted by Gasteiger charge is 2.15. The molecule has 0 saturated heterocycles. The fraction of sp³-hybridized carbons (Fsp3) is 0.100. The van der Waals surface area contributed by atoms with E-state index in [0.717, 1.165) is 20.5 Å². The molecule has 0 saturated carbocycles. The van der Waals surface area contributed by atoms with Crippen LogP contribution >= 0.6 is 27.3 Å². The molecule has 5 nitrogen and oxygen atoms in total. The van der Waals surface area contributed by atoms with Crippen LogP contribution < -0.4 is 15.0 Å². The molecule has 4 rings (SSSR count). The zero-order chi connectivity index (χ0) is 19.0. The van der Waals surface area contributed by atoms with Crippen molar-refractivity contribution in [3.63, 3.8) is 0 Å². The summed E-state index contributed by atoms with van der Waals surface area (Å²) >= 11 is 4.97. The largest absolute Gasteiger partial charge is 0.493 e. The number of thiophene rings is 1. The maximum atomic E-state index is 12.6. The van der Waals surface area contributed by atoms with Crippen LogP contribution in [-0.2, 0) is 0 Å². The van der Waals surface area contributed by atoms with E-state index in [4.69, 9.17) is 9.47 Å². The molecule has 0 amide bonds. The van der Waals surface area contributed by atoms with Crippen LogP contribution in [0.2, 0.25) is 0 Å². The average molecular weight is 443 g/mol. The molecular formula is C20H15BrN2O3S. The van der Waals surface area contributed by atoms with Gasteiger partial charge in [-0.3, -0.25) is 4.79 Å². The van der Waals surface area contributed by atoms with Gasteiger partial charge in [0.05, 0.1) is 24.1 Å². The summed E-state index contributed by atoms with van der Waals surface area (Å²) < 4.78 is 11.4. The second-order valence-electron chi connectivity index (χ2n) is 5.80. The molecule has 0 fully saturated rings. The number of fused-ring (bicyclic) bond motifs is 1. The number of nitrogens with one attached hydrogen (secondary N) is 1. The van der Waals surface area contributed by atoms with Gasteiger partial charge < -0.3 is 14.5 Å². The highest BCUT2D eigenvalue weighted by Crippen LogP contribution is 2.39. The lowest BCUT2D eigenvalue weighted by atomic mass is 10.1. The van der Waals surface area contributed by atoms with Gasteiger partial charge in [-0.15, -0.1) is 11.3 Å². The van der Waals surface area contributed by atoms with Gasteiger partial charge in [0.1, 0.15) is 10.7 Å². The molecule has 0 aliphatic heterocycles. The molecule has 136 valence electrons. The first-order valence-electron chi connectivity index (χ1n) is 8.12. The molecule has 4 aromatic rings. The number of rotatable bonds is 4. The predicted octanol–water partition coefficient (Wildman–Crippen LogP) is 5.10. The van der Waals surface area contributed by atoms with Crippen molar-refractivity contribution in [3.8, 4) is 33.3 Å². The van der Waals surface area contributed by atoms with Crippen LogP contribution in [-0.4, -0.2) is 24.2 Å². The van der Waals surface area contributed by atoms with E-state index in [2.05, 4.69) is 25.9 Å². The SMILES string of the molecule is COc1cc(-c2nc3sc(-c4ccccc4)cc3c(=O)[nH]2)cc(Br)c1OC. The van der Waals surface area contributed by atoms with Gasteiger partial charge in [0.15, 0.2) is 11.5 Å². The first kappa shape index (κ1) is 17.8. The third-order valence-electron chi connectivity index (χ3n) is 4.17. The monoisotopic (exact) mass is 442 g/mol. The second kappa shape index (κ2) is 7.17. The Kier molecular flexibility index (Phi) is 4.72. The fourth-order valence-corrected chi connectivity index (χ4v) is 4.51. The van der Waals surface area contributed by atoms with Crippen molar-refractivity contribution in [2.75, 3.05) is 14.2 Å². The van der Waals surface area contributed by atoms with E-state index in [9.17, 15) is 4.79 Å². The van der Waals surface area contributed by atoms with E-state index in [1.165, 1.54) is 11.3 Å². The molecule has 0 radical (unpaired) electrons. The number of methoxy groups -OCH3 is 2. The minimum atomic E-state index is -0.167. The molecule has 1 N–H and O–H groups in total. The van der Waals surface area contributed by atoms with Gasteiger partial charge in [-0.25, -0.2) is 4.98 Å². The van der Waals surface area contributed by atoms with Crippen LogP contribution in [0.1, 0.15) is 0 Å². The summed E-state index contributed by atoms with van der Waals surface area (Å²) in [6.45, 7) is 0. The van der Waals surface area contributed by atoms with E-state index in [1.54, 1.807) is 20.3 Å². The summed E-state index contributed by atoms with van der Waals surface area (Å²) in [4.78, 5) is 21.9. The fourth-order valence-electron chi connectivity index (χ4n) is 2.87. The van der Waals surface area contributed by atoms with Gasteiger partial charge in [-0.1, -0.05) is 30.3 Å². The zero-order valence-corrected chi connectivity index (χ0v) is 17.0. The van der Waals surface area contributed by atoms with Crippen molar-refractivity contribution < 1.29 is 9.47 Å². The molecule has 0 aliphatic carbocycles. The predicted molar refractivity (Wildman–Crippen MR) is 112 cm³/mol. The summed E-state index contributed by atoms with van der Waals surface area (Å²) in [5.41, 5.74) is 1.63. The smallest absolute Gasteiger partial charge is 0.259 e. The van der Waals surface area contributed by atoms with Crippen LogP contribution in [0, 0.1) is 0 Å². The van der Waals surface area contributed by atoms with E-state index in [1.807, 2.05) is 42.5 Å². The molecule has 27 heavy (non-hydrogen) atoms. The number of halogens is 1. The Morgan fingerprint density at radius 1 is 1.04 bits per heavy atom. The Bertz CT molecular complexity index is 1190. The first-order valence-corrected chi connectivity index (χ1v) is 9.73. The van der Waals surface area contributed by atoms with Crippen LogP contribution in [0.5, 0.6) is 11.5 Å². The van der Waals surface area contributed by atoms with E-state index >= 15 is 0 Å². The summed E-state index contributed by atoms with van der Waals surface area (Å²) in [5, 5.41) is 0.585. The normalized spacial score (nSPS) is 10.9. The third kappa shape index (κ3) is 3.24. The number of aromatic nitrogens is 2. The molecule has 7 heteroatoms. The zero-order valence-electron chi connectivity index (χ0n) is 14.6. The summed E-state index contributed by atoms with van der Waals surface area (Å²) in [6.07, 6.45) is 0. The summed E-state index contributed by atoms with van der Waals surface area (Å²) in [5.74, 6) is 1.63. The maximum Gasteiger partial charge on any atom is 0.259 e. The van der Waals surface area contributed by atoms with Crippen LogP contribution in [0.25, 0.3) is 32.0 Å². The van der Waals surface area contributed by atoms with Crippen LogP contribution in [0.3, 0.4) is 0 Å². The van der Waals surface area contributed by atoms with Crippen LogP contribution in [0.15, 0.2) is 57.8 Å². The lowest BCUT2D eigenvalue weighted by Gasteiger charge is -2.11. The van der Waals surface area contributed by atoms with Crippen molar-refractivity contribution >= 4 is 37.5 Å². The highest BCUT2D eigenvalue weighted by molar-refractivity contribution is 9.10. The molecule has 0 atom stereocenters. The number of aromatic amines is 1. The van der Waals surface area contributed by atoms with Gasteiger partial charge in [-0.2, -0.15) is 0 Å². The lowest BCUT2D eigenvalue weighted by molar-refractivity contribution is 0.353.